The zero-order valence-electron chi connectivity index (χ0n) is 9.34. The average Bonchev–Trinajstić information content (AvgIpc) is 2.27. The lowest BCUT2D eigenvalue weighted by atomic mass is 10.1. The lowest BCUT2D eigenvalue weighted by molar-refractivity contribution is -0.124. The van der Waals surface area contributed by atoms with E-state index in [1.807, 2.05) is 25.1 Å². The summed E-state index contributed by atoms with van der Waals surface area (Å²) in [7, 11) is 0. The highest BCUT2D eigenvalue weighted by atomic mass is 35.5. The third kappa shape index (κ3) is 3.69. The molecule has 4 heteroatoms. The van der Waals surface area contributed by atoms with E-state index in [0.717, 1.165) is 5.56 Å². The Balaban J connectivity index is 2.65. The molecule has 1 aromatic carbocycles. The van der Waals surface area contributed by atoms with Crippen molar-refractivity contribution < 1.29 is 4.79 Å². The molecule has 1 N–H and O–H groups in total. The standard InChI is InChI=1S/C12H15Cl2NO/c1-8(7-13)12(16)15-9(2)10-4-3-5-11(14)6-10/h3-6,8-9H,7H2,1-2H3,(H,15,16)/t8?,9-/m1/s1. The quantitative estimate of drug-likeness (QED) is 0.826. The minimum absolute atomic E-state index is 0.0394. The first-order valence-corrected chi connectivity index (χ1v) is 6.07. The molecule has 0 saturated carbocycles. The van der Waals surface area contributed by atoms with Gasteiger partial charge in [0.25, 0.3) is 0 Å². The number of halogens is 2. The van der Waals surface area contributed by atoms with Crippen LogP contribution in [0.25, 0.3) is 0 Å². The van der Waals surface area contributed by atoms with Crippen LogP contribution in [0.15, 0.2) is 24.3 Å². The Hall–Kier alpha value is -0.730. The number of carbonyl (C=O) groups excluding carboxylic acids is 1. The fraction of sp³-hybridized carbons (Fsp3) is 0.417. The molecule has 1 aromatic rings. The summed E-state index contributed by atoms with van der Waals surface area (Å²) in [5.41, 5.74) is 0.989. The summed E-state index contributed by atoms with van der Waals surface area (Å²) in [6.07, 6.45) is 0. The Kier molecular flexibility index (Phi) is 5.10. The largest absolute Gasteiger partial charge is 0.349 e. The lowest BCUT2D eigenvalue weighted by Crippen LogP contribution is -2.32. The number of hydrogen-bond acceptors (Lipinski definition) is 1. The van der Waals surface area contributed by atoms with Gasteiger partial charge in [-0.15, -0.1) is 11.6 Å². The van der Waals surface area contributed by atoms with E-state index in [0.29, 0.717) is 10.9 Å². The normalized spacial score (nSPS) is 14.2. The van der Waals surface area contributed by atoms with Crippen molar-refractivity contribution in [1.29, 1.82) is 0 Å². The number of nitrogens with one attached hydrogen (secondary N) is 1. The van der Waals surface area contributed by atoms with Gasteiger partial charge in [-0.3, -0.25) is 4.79 Å². The van der Waals surface area contributed by atoms with E-state index in [2.05, 4.69) is 5.32 Å². The summed E-state index contributed by atoms with van der Waals surface area (Å²) in [5.74, 6) is 0.111. The van der Waals surface area contributed by atoms with Crippen LogP contribution in [0, 0.1) is 5.92 Å². The fourth-order valence-electron chi connectivity index (χ4n) is 1.28. The van der Waals surface area contributed by atoms with Crippen molar-refractivity contribution in [1.82, 2.24) is 5.32 Å². The van der Waals surface area contributed by atoms with Gasteiger partial charge in [0.1, 0.15) is 0 Å². The maximum absolute atomic E-state index is 11.6. The van der Waals surface area contributed by atoms with E-state index in [-0.39, 0.29) is 17.9 Å². The van der Waals surface area contributed by atoms with Crippen LogP contribution in [0.5, 0.6) is 0 Å². The molecular weight excluding hydrogens is 245 g/mol. The summed E-state index contributed by atoms with van der Waals surface area (Å²) in [4.78, 5) is 11.6. The Morgan fingerprint density at radius 1 is 1.44 bits per heavy atom. The molecule has 0 aliphatic heterocycles. The van der Waals surface area contributed by atoms with Crippen LogP contribution in [-0.2, 0) is 4.79 Å². The summed E-state index contributed by atoms with van der Waals surface area (Å²) in [6.45, 7) is 3.72. The van der Waals surface area contributed by atoms with Gasteiger partial charge in [-0.2, -0.15) is 0 Å². The maximum atomic E-state index is 11.6. The minimum Gasteiger partial charge on any atom is -0.349 e. The van der Waals surface area contributed by atoms with Gasteiger partial charge in [0, 0.05) is 16.8 Å². The highest BCUT2D eigenvalue weighted by molar-refractivity contribution is 6.30. The summed E-state index contributed by atoms with van der Waals surface area (Å²) >= 11 is 11.5. The molecule has 0 saturated heterocycles. The van der Waals surface area contributed by atoms with Crippen LogP contribution in [0.3, 0.4) is 0 Å². The average molecular weight is 260 g/mol. The van der Waals surface area contributed by atoms with Crippen molar-refractivity contribution in [3.8, 4) is 0 Å². The molecule has 0 aromatic heterocycles. The van der Waals surface area contributed by atoms with Crippen molar-refractivity contribution in [3.63, 3.8) is 0 Å². The molecule has 0 heterocycles. The minimum atomic E-state index is -0.177. The number of benzene rings is 1. The van der Waals surface area contributed by atoms with Crippen LogP contribution < -0.4 is 5.32 Å². The van der Waals surface area contributed by atoms with E-state index >= 15 is 0 Å². The van der Waals surface area contributed by atoms with Gasteiger partial charge >= 0.3 is 0 Å². The second-order valence-corrected chi connectivity index (χ2v) is 4.59. The van der Waals surface area contributed by atoms with E-state index in [1.54, 1.807) is 13.0 Å². The molecule has 0 aliphatic carbocycles. The second-order valence-electron chi connectivity index (χ2n) is 3.84. The number of rotatable bonds is 4. The number of alkyl halides is 1. The van der Waals surface area contributed by atoms with Gasteiger partial charge in [0.2, 0.25) is 5.91 Å². The van der Waals surface area contributed by atoms with Crippen molar-refractivity contribution >= 4 is 29.1 Å². The predicted molar refractivity (Wildman–Crippen MR) is 67.9 cm³/mol. The first kappa shape index (κ1) is 13.3. The summed E-state index contributed by atoms with van der Waals surface area (Å²) < 4.78 is 0. The van der Waals surface area contributed by atoms with E-state index < -0.39 is 0 Å². The topological polar surface area (TPSA) is 29.1 Å². The van der Waals surface area contributed by atoms with Gasteiger partial charge < -0.3 is 5.32 Å². The van der Waals surface area contributed by atoms with E-state index in [1.165, 1.54) is 0 Å². The smallest absolute Gasteiger partial charge is 0.224 e. The van der Waals surface area contributed by atoms with Gasteiger partial charge in [-0.1, -0.05) is 30.7 Å². The van der Waals surface area contributed by atoms with E-state index in [9.17, 15) is 4.79 Å². The SMILES string of the molecule is CC(CCl)C(=O)N[C@H](C)c1cccc(Cl)c1. The maximum Gasteiger partial charge on any atom is 0.224 e. The summed E-state index contributed by atoms with van der Waals surface area (Å²) in [5, 5.41) is 3.56. The van der Waals surface area contributed by atoms with Gasteiger partial charge in [0.15, 0.2) is 0 Å². The summed E-state index contributed by atoms with van der Waals surface area (Å²) in [6, 6.07) is 7.39. The fourth-order valence-corrected chi connectivity index (χ4v) is 1.62. The molecule has 2 atom stereocenters. The molecule has 88 valence electrons. The van der Waals surface area contributed by atoms with Crippen LogP contribution in [0.2, 0.25) is 5.02 Å². The predicted octanol–water partition coefficient (Wildman–Crippen LogP) is 3.39. The van der Waals surface area contributed by atoms with Crippen molar-refractivity contribution in [2.45, 2.75) is 19.9 Å². The Labute approximate surface area is 106 Å². The second kappa shape index (κ2) is 6.12. The van der Waals surface area contributed by atoms with Crippen LogP contribution >= 0.6 is 23.2 Å². The Bertz CT molecular complexity index is 368. The molecule has 16 heavy (non-hydrogen) atoms. The third-order valence-corrected chi connectivity index (χ3v) is 3.08. The van der Waals surface area contributed by atoms with Crippen LogP contribution in [-0.4, -0.2) is 11.8 Å². The molecular formula is C12H15Cl2NO. The van der Waals surface area contributed by atoms with E-state index in [4.69, 9.17) is 23.2 Å². The van der Waals surface area contributed by atoms with Crippen molar-refractivity contribution in [2.75, 3.05) is 5.88 Å². The molecule has 1 rings (SSSR count). The molecule has 0 fully saturated rings. The first-order valence-electron chi connectivity index (χ1n) is 5.16. The number of carbonyl (C=O) groups is 1. The zero-order valence-corrected chi connectivity index (χ0v) is 10.8. The third-order valence-electron chi connectivity index (χ3n) is 2.39. The molecule has 0 aliphatic rings. The van der Waals surface area contributed by atoms with Crippen molar-refractivity contribution in [3.05, 3.63) is 34.9 Å². The van der Waals surface area contributed by atoms with Gasteiger partial charge in [-0.05, 0) is 24.6 Å². The lowest BCUT2D eigenvalue weighted by Gasteiger charge is -2.16. The highest BCUT2D eigenvalue weighted by Gasteiger charge is 2.15. The molecule has 0 radical (unpaired) electrons. The highest BCUT2D eigenvalue weighted by Crippen LogP contribution is 2.17. The molecule has 0 spiro atoms. The van der Waals surface area contributed by atoms with Gasteiger partial charge in [-0.25, -0.2) is 0 Å². The first-order chi connectivity index (χ1) is 7.54. The van der Waals surface area contributed by atoms with Crippen molar-refractivity contribution in [2.24, 2.45) is 5.92 Å². The zero-order chi connectivity index (χ0) is 12.1. The Morgan fingerprint density at radius 3 is 2.69 bits per heavy atom. The van der Waals surface area contributed by atoms with Crippen LogP contribution in [0.4, 0.5) is 0 Å². The molecule has 1 unspecified atom stereocenters. The molecule has 1 amide bonds. The molecule has 2 nitrogen and oxygen atoms in total. The number of amides is 1. The van der Waals surface area contributed by atoms with Crippen LogP contribution in [0.1, 0.15) is 25.5 Å². The Morgan fingerprint density at radius 2 is 2.12 bits per heavy atom. The monoisotopic (exact) mass is 259 g/mol. The number of hydrogen-bond donors (Lipinski definition) is 1. The molecule has 0 bridgehead atoms. The van der Waals surface area contributed by atoms with Gasteiger partial charge in [0.05, 0.1) is 6.04 Å².